The van der Waals surface area contributed by atoms with E-state index in [-0.39, 0.29) is 5.82 Å². The molecule has 31 heavy (non-hydrogen) atoms. The molecule has 1 N–H and O–H groups in total. The summed E-state index contributed by atoms with van der Waals surface area (Å²) in [6.45, 7) is 3.14. The SMILES string of the molecule is COc1ccc(NC(=O)COC(=O)c2cc(C)n(-c3ccc(F)cc3)c2C)cc1OC. The first kappa shape index (κ1) is 21.9. The Bertz CT molecular complexity index is 1110. The maximum Gasteiger partial charge on any atom is 0.340 e. The minimum absolute atomic E-state index is 0.334. The monoisotopic (exact) mass is 426 g/mol. The zero-order chi connectivity index (χ0) is 22.5. The Balaban J connectivity index is 1.66. The topological polar surface area (TPSA) is 78.8 Å². The van der Waals surface area contributed by atoms with E-state index in [9.17, 15) is 14.0 Å². The molecule has 0 aliphatic rings. The number of carbonyl (C=O) groups excluding carboxylic acids is 2. The Labute approximate surface area is 179 Å². The zero-order valence-electron chi connectivity index (χ0n) is 17.7. The van der Waals surface area contributed by atoms with Gasteiger partial charge in [-0.3, -0.25) is 4.79 Å². The van der Waals surface area contributed by atoms with Gasteiger partial charge in [0.15, 0.2) is 18.1 Å². The van der Waals surface area contributed by atoms with Crippen LogP contribution < -0.4 is 14.8 Å². The number of aryl methyl sites for hydroxylation is 1. The first-order valence-electron chi connectivity index (χ1n) is 9.48. The summed E-state index contributed by atoms with van der Waals surface area (Å²) in [5, 5.41) is 2.64. The predicted octanol–water partition coefficient (Wildman–Crippen LogP) is 4.05. The Kier molecular flexibility index (Phi) is 6.59. The number of rotatable bonds is 7. The number of benzene rings is 2. The lowest BCUT2D eigenvalue weighted by Gasteiger charge is -2.11. The second-order valence-electron chi connectivity index (χ2n) is 6.79. The lowest BCUT2D eigenvalue weighted by atomic mass is 10.2. The molecule has 0 atom stereocenters. The minimum atomic E-state index is -0.621. The lowest BCUT2D eigenvalue weighted by molar-refractivity contribution is -0.119. The van der Waals surface area contributed by atoms with Crippen molar-refractivity contribution in [2.75, 3.05) is 26.1 Å². The molecule has 0 aliphatic heterocycles. The Morgan fingerprint density at radius 3 is 2.29 bits per heavy atom. The quantitative estimate of drug-likeness (QED) is 0.577. The first-order chi connectivity index (χ1) is 14.8. The van der Waals surface area contributed by atoms with Crippen molar-refractivity contribution in [2.45, 2.75) is 13.8 Å². The van der Waals surface area contributed by atoms with Crippen LogP contribution in [-0.2, 0) is 9.53 Å². The van der Waals surface area contributed by atoms with Crippen LogP contribution in [0.25, 0.3) is 5.69 Å². The van der Waals surface area contributed by atoms with E-state index in [4.69, 9.17) is 14.2 Å². The minimum Gasteiger partial charge on any atom is -0.493 e. The average molecular weight is 426 g/mol. The molecule has 1 amide bonds. The van der Waals surface area contributed by atoms with Crippen molar-refractivity contribution in [3.8, 4) is 17.2 Å². The first-order valence-corrected chi connectivity index (χ1v) is 9.48. The van der Waals surface area contributed by atoms with Crippen LogP contribution >= 0.6 is 0 Å². The van der Waals surface area contributed by atoms with E-state index in [2.05, 4.69) is 5.32 Å². The predicted molar refractivity (Wildman–Crippen MR) is 114 cm³/mol. The van der Waals surface area contributed by atoms with E-state index in [0.29, 0.717) is 28.4 Å². The molecule has 3 rings (SSSR count). The standard InChI is InChI=1S/C23H23FN2O5/c1-14-11-19(15(2)26(14)18-8-5-16(24)6-9-18)23(28)31-13-22(27)25-17-7-10-20(29-3)21(12-17)30-4/h5-12H,13H2,1-4H3,(H,25,27). The van der Waals surface area contributed by atoms with E-state index < -0.39 is 18.5 Å². The van der Waals surface area contributed by atoms with Crippen LogP contribution in [0.5, 0.6) is 11.5 Å². The number of methoxy groups -OCH3 is 2. The van der Waals surface area contributed by atoms with Crippen molar-refractivity contribution in [1.29, 1.82) is 0 Å². The van der Waals surface area contributed by atoms with E-state index >= 15 is 0 Å². The number of halogens is 1. The third kappa shape index (κ3) is 4.85. The fourth-order valence-corrected chi connectivity index (χ4v) is 3.28. The van der Waals surface area contributed by atoms with Gasteiger partial charge < -0.3 is 24.1 Å². The van der Waals surface area contributed by atoms with Crippen LogP contribution in [0.4, 0.5) is 10.1 Å². The molecule has 8 heteroatoms. The van der Waals surface area contributed by atoms with E-state index in [1.54, 1.807) is 43.3 Å². The van der Waals surface area contributed by atoms with Gasteiger partial charge in [0.1, 0.15) is 5.82 Å². The summed E-state index contributed by atoms with van der Waals surface area (Å²) in [5.41, 5.74) is 2.95. The van der Waals surface area contributed by atoms with Crippen molar-refractivity contribution in [1.82, 2.24) is 4.57 Å². The van der Waals surface area contributed by atoms with Crippen molar-refractivity contribution in [3.05, 3.63) is 71.3 Å². The van der Waals surface area contributed by atoms with Crippen LogP contribution in [-0.4, -0.2) is 37.3 Å². The number of aromatic nitrogens is 1. The number of nitrogens with zero attached hydrogens (tertiary/aromatic N) is 1. The Hall–Kier alpha value is -3.81. The van der Waals surface area contributed by atoms with Crippen LogP contribution in [0.15, 0.2) is 48.5 Å². The second kappa shape index (κ2) is 9.34. The van der Waals surface area contributed by atoms with Gasteiger partial charge >= 0.3 is 5.97 Å². The largest absolute Gasteiger partial charge is 0.493 e. The molecule has 0 spiro atoms. The smallest absolute Gasteiger partial charge is 0.340 e. The molecule has 162 valence electrons. The van der Waals surface area contributed by atoms with Crippen molar-refractivity contribution < 1.29 is 28.2 Å². The highest BCUT2D eigenvalue weighted by Gasteiger charge is 2.19. The van der Waals surface area contributed by atoms with E-state index in [0.717, 1.165) is 11.4 Å². The second-order valence-corrected chi connectivity index (χ2v) is 6.79. The molecule has 0 aliphatic carbocycles. The zero-order valence-corrected chi connectivity index (χ0v) is 17.7. The summed E-state index contributed by atoms with van der Waals surface area (Å²) < 4.78 is 30.6. The number of nitrogens with one attached hydrogen (secondary N) is 1. The molecule has 1 heterocycles. The summed E-state index contributed by atoms with van der Waals surface area (Å²) in [7, 11) is 3.01. The third-order valence-corrected chi connectivity index (χ3v) is 4.74. The number of esters is 1. The summed E-state index contributed by atoms with van der Waals surface area (Å²) in [5.74, 6) is -0.461. The number of anilines is 1. The highest BCUT2D eigenvalue weighted by atomic mass is 19.1. The van der Waals surface area contributed by atoms with Crippen LogP contribution in [0.3, 0.4) is 0 Å². The van der Waals surface area contributed by atoms with Crippen LogP contribution in [0.1, 0.15) is 21.7 Å². The van der Waals surface area contributed by atoms with Gasteiger partial charge in [0.05, 0.1) is 19.8 Å². The van der Waals surface area contributed by atoms with E-state index in [1.807, 2.05) is 11.5 Å². The normalized spacial score (nSPS) is 10.5. The molecular formula is C23H23FN2O5. The van der Waals surface area contributed by atoms with Gasteiger partial charge in [0, 0.05) is 28.8 Å². The summed E-state index contributed by atoms with van der Waals surface area (Å²) in [4.78, 5) is 24.8. The lowest BCUT2D eigenvalue weighted by Crippen LogP contribution is -2.21. The third-order valence-electron chi connectivity index (χ3n) is 4.74. The number of ether oxygens (including phenoxy) is 3. The summed E-state index contributed by atoms with van der Waals surface area (Å²) in [6.07, 6.45) is 0. The molecule has 3 aromatic rings. The molecule has 0 bridgehead atoms. The fraction of sp³-hybridized carbons (Fsp3) is 0.217. The molecular weight excluding hydrogens is 403 g/mol. The van der Waals surface area contributed by atoms with Crippen molar-refractivity contribution in [2.24, 2.45) is 0 Å². The van der Waals surface area contributed by atoms with Crippen LogP contribution in [0.2, 0.25) is 0 Å². The van der Waals surface area contributed by atoms with Gasteiger partial charge in [-0.05, 0) is 56.3 Å². The molecule has 7 nitrogen and oxygen atoms in total. The molecule has 0 saturated carbocycles. The summed E-state index contributed by atoms with van der Waals surface area (Å²) in [6, 6.07) is 12.5. The molecule has 2 aromatic carbocycles. The Morgan fingerprint density at radius 2 is 1.65 bits per heavy atom. The highest BCUT2D eigenvalue weighted by Crippen LogP contribution is 2.29. The van der Waals surface area contributed by atoms with Gasteiger partial charge in [-0.1, -0.05) is 0 Å². The molecule has 0 saturated heterocycles. The van der Waals surface area contributed by atoms with Gasteiger partial charge in [-0.25, -0.2) is 9.18 Å². The molecule has 0 unspecified atom stereocenters. The van der Waals surface area contributed by atoms with Gasteiger partial charge in [-0.15, -0.1) is 0 Å². The Morgan fingerprint density at radius 1 is 0.968 bits per heavy atom. The average Bonchev–Trinajstić information content (AvgIpc) is 3.06. The van der Waals surface area contributed by atoms with Crippen molar-refractivity contribution in [3.63, 3.8) is 0 Å². The maximum absolute atomic E-state index is 13.2. The van der Waals surface area contributed by atoms with Gasteiger partial charge in [0.25, 0.3) is 5.91 Å². The van der Waals surface area contributed by atoms with Crippen molar-refractivity contribution >= 4 is 17.6 Å². The molecule has 0 radical (unpaired) electrons. The number of hydrogen-bond acceptors (Lipinski definition) is 5. The number of carbonyl (C=O) groups is 2. The molecule has 1 aromatic heterocycles. The number of hydrogen-bond donors (Lipinski definition) is 1. The molecule has 0 fully saturated rings. The number of amides is 1. The summed E-state index contributed by atoms with van der Waals surface area (Å²) >= 11 is 0. The van der Waals surface area contributed by atoms with Gasteiger partial charge in [0.2, 0.25) is 0 Å². The highest BCUT2D eigenvalue weighted by molar-refractivity contribution is 5.96. The fourth-order valence-electron chi connectivity index (χ4n) is 3.28. The van der Waals surface area contributed by atoms with Gasteiger partial charge in [-0.2, -0.15) is 0 Å². The maximum atomic E-state index is 13.2. The van der Waals surface area contributed by atoms with Crippen LogP contribution in [0, 0.1) is 19.7 Å². The van der Waals surface area contributed by atoms with E-state index in [1.165, 1.54) is 26.4 Å².